The average Bonchev–Trinajstić information content (AvgIpc) is 3.05. The fraction of sp³-hybridized carbons (Fsp3) is 0.100. The molecule has 142 valence electrons. The summed E-state index contributed by atoms with van der Waals surface area (Å²) in [7, 11) is 2.73. The first-order valence-corrected chi connectivity index (χ1v) is 8.09. The van der Waals surface area contributed by atoms with Gasteiger partial charge in [-0.2, -0.15) is 5.26 Å². The number of aromatic nitrogens is 1. The Morgan fingerprint density at radius 3 is 2.43 bits per heavy atom. The van der Waals surface area contributed by atoms with Crippen LogP contribution in [0.4, 0.5) is 10.1 Å². The summed E-state index contributed by atoms with van der Waals surface area (Å²) < 4.78 is 31.0. The number of nitrogens with two attached hydrogens (primary N) is 1. The first kappa shape index (κ1) is 18.8. The van der Waals surface area contributed by atoms with Crippen LogP contribution in [0.15, 0.2) is 48.7 Å². The number of methoxy groups -OCH3 is 2. The van der Waals surface area contributed by atoms with Crippen molar-refractivity contribution in [1.82, 2.24) is 4.57 Å². The largest absolute Gasteiger partial charge is 0.497 e. The van der Waals surface area contributed by atoms with Crippen molar-refractivity contribution in [1.29, 1.82) is 5.26 Å². The molecule has 7 nitrogen and oxygen atoms in total. The van der Waals surface area contributed by atoms with Gasteiger partial charge in [0.25, 0.3) is 0 Å². The monoisotopic (exact) mass is 381 g/mol. The maximum Gasteiger partial charge on any atom is 0.357 e. The number of benzene rings is 2. The Morgan fingerprint density at radius 2 is 1.82 bits per heavy atom. The molecule has 0 aliphatic heterocycles. The fourth-order valence-corrected chi connectivity index (χ4v) is 2.64. The first-order chi connectivity index (χ1) is 13.5. The summed E-state index contributed by atoms with van der Waals surface area (Å²) >= 11 is 0. The van der Waals surface area contributed by atoms with Crippen LogP contribution in [0.25, 0.3) is 5.69 Å². The molecule has 0 aliphatic carbocycles. The molecule has 1 aromatic heterocycles. The number of hydrogen-bond acceptors (Lipinski definition) is 6. The summed E-state index contributed by atoms with van der Waals surface area (Å²) in [5.74, 6) is 0.0407. The molecule has 0 saturated carbocycles. The summed E-state index contributed by atoms with van der Waals surface area (Å²) in [6.07, 6.45) is 1.33. The van der Waals surface area contributed by atoms with Crippen molar-refractivity contribution in [2.75, 3.05) is 20.0 Å². The van der Waals surface area contributed by atoms with Crippen molar-refractivity contribution in [3.63, 3.8) is 0 Å². The van der Waals surface area contributed by atoms with Crippen LogP contribution in [-0.4, -0.2) is 24.8 Å². The zero-order valence-electron chi connectivity index (χ0n) is 15.1. The van der Waals surface area contributed by atoms with Gasteiger partial charge in [0.2, 0.25) is 0 Å². The molecule has 2 N–H and O–H groups in total. The lowest BCUT2D eigenvalue weighted by molar-refractivity contribution is 0.0593. The standard InChI is InChI=1S/C20H16FN3O4/c1-26-14-4-6-15(7-5-14)28-17-8-3-13(21)9-16(17)24-11-12(10-22)18(23)19(24)20(25)27-2/h3-9,11H,23H2,1-2H3. The van der Waals surface area contributed by atoms with Gasteiger partial charge in [-0.3, -0.25) is 0 Å². The maximum atomic E-state index is 14.0. The Bertz CT molecular complexity index is 1070. The minimum Gasteiger partial charge on any atom is -0.497 e. The third-order valence-corrected chi connectivity index (χ3v) is 4.01. The van der Waals surface area contributed by atoms with Crippen molar-refractivity contribution in [2.45, 2.75) is 0 Å². The number of halogens is 1. The van der Waals surface area contributed by atoms with Crippen LogP contribution in [0.3, 0.4) is 0 Å². The molecular formula is C20H16FN3O4. The fourth-order valence-electron chi connectivity index (χ4n) is 2.64. The molecule has 0 amide bonds. The predicted octanol–water partition coefficient (Wildman–Crippen LogP) is 3.66. The van der Waals surface area contributed by atoms with Gasteiger partial charge in [0.1, 0.15) is 23.4 Å². The van der Waals surface area contributed by atoms with E-state index in [-0.39, 0.29) is 28.4 Å². The van der Waals surface area contributed by atoms with Crippen LogP contribution in [0.2, 0.25) is 0 Å². The number of nitrogens with zero attached hydrogens (tertiary/aromatic N) is 2. The highest BCUT2D eigenvalue weighted by Crippen LogP contribution is 2.33. The summed E-state index contributed by atoms with van der Waals surface area (Å²) in [5.41, 5.74) is 5.99. The zero-order valence-corrected chi connectivity index (χ0v) is 15.1. The molecule has 2 aromatic carbocycles. The van der Waals surface area contributed by atoms with Crippen LogP contribution in [0.5, 0.6) is 17.2 Å². The number of ether oxygens (including phenoxy) is 3. The molecule has 3 aromatic rings. The molecule has 0 radical (unpaired) electrons. The topological polar surface area (TPSA) is 99.5 Å². The molecule has 0 saturated heterocycles. The molecule has 0 fully saturated rings. The number of nitriles is 1. The average molecular weight is 381 g/mol. The highest BCUT2D eigenvalue weighted by molar-refractivity contribution is 5.96. The van der Waals surface area contributed by atoms with Gasteiger partial charge in [0.05, 0.1) is 31.2 Å². The van der Waals surface area contributed by atoms with E-state index in [9.17, 15) is 14.4 Å². The second-order valence-electron chi connectivity index (χ2n) is 5.67. The summed E-state index contributed by atoms with van der Waals surface area (Å²) in [5, 5.41) is 9.25. The van der Waals surface area contributed by atoms with Gasteiger partial charge < -0.3 is 24.5 Å². The molecule has 0 aliphatic rings. The first-order valence-electron chi connectivity index (χ1n) is 8.09. The molecule has 0 unspecified atom stereocenters. The third-order valence-electron chi connectivity index (χ3n) is 4.01. The lowest BCUT2D eigenvalue weighted by Gasteiger charge is -2.14. The van der Waals surface area contributed by atoms with Crippen LogP contribution < -0.4 is 15.2 Å². The van der Waals surface area contributed by atoms with Gasteiger partial charge in [-0.05, 0) is 36.4 Å². The third kappa shape index (κ3) is 3.46. The van der Waals surface area contributed by atoms with E-state index in [1.807, 2.05) is 6.07 Å². The smallest absolute Gasteiger partial charge is 0.357 e. The summed E-state index contributed by atoms with van der Waals surface area (Å²) in [4.78, 5) is 12.2. The molecular weight excluding hydrogens is 365 g/mol. The Labute approximate surface area is 160 Å². The van der Waals surface area contributed by atoms with Crippen LogP contribution in [-0.2, 0) is 4.74 Å². The molecule has 3 rings (SSSR count). The van der Waals surface area contributed by atoms with Gasteiger partial charge in [-0.15, -0.1) is 0 Å². The molecule has 0 spiro atoms. The van der Waals surface area contributed by atoms with E-state index in [4.69, 9.17) is 19.9 Å². The van der Waals surface area contributed by atoms with Gasteiger partial charge in [0, 0.05) is 12.3 Å². The number of carbonyl (C=O) groups excluding carboxylic acids is 1. The van der Waals surface area contributed by atoms with Crippen molar-refractivity contribution in [3.8, 4) is 29.0 Å². The SMILES string of the molecule is COC(=O)c1c(N)c(C#N)cn1-c1cc(F)ccc1Oc1ccc(OC)cc1. The number of carbonyl (C=O) groups is 1. The summed E-state index contributed by atoms with van der Waals surface area (Å²) in [6.45, 7) is 0. The van der Waals surface area contributed by atoms with Crippen molar-refractivity contribution in [3.05, 3.63) is 65.7 Å². The van der Waals surface area contributed by atoms with Crippen LogP contribution >= 0.6 is 0 Å². The lowest BCUT2D eigenvalue weighted by Crippen LogP contribution is -2.11. The van der Waals surface area contributed by atoms with Crippen molar-refractivity contribution < 1.29 is 23.4 Å². The van der Waals surface area contributed by atoms with Gasteiger partial charge in [0.15, 0.2) is 11.4 Å². The number of rotatable bonds is 5. The number of anilines is 1. The normalized spacial score (nSPS) is 10.2. The predicted molar refractivity (Wildman–Crippen MR) is 99.3 cm³/mol. The van der Waals surface area contributed by atoms with E-state index in [0.717, 1.165) is 0 Å². The minimum atomic E-state index is -0.765. The van der Waals surface area contributed by atoms with Crippen molar-refractivity contribution >= 4 is 11.7 Å². The van der Waals surface area contributed by atoms with E-state index in [2.05, 4.69) is 0 Å². The Hall–Kier alpha value is -3.99. The number of nitrogen functional groups attached to an aromatic ring is 1. The van der Waals surface area contributed by atoms with Crippen molar-refractivity contribution in [2.24, 2.45) is 0 Å². The van der Waals surface area contributed by atoms with E-state index in [0.29, 0.717) is 11.5 Å². The molecule has 28 heavy (non-hydrogen) atoms. The Kier molecular flexibility index (Phi) is 5.18. The van der Waals surface area contributed by atoms with Gasteiger partial charge in [-0.1, -0.05) is 0 Å². The maximum absolute atomic E-state index is 14.0. The highest BCUT2D eigenvalue weighted by Gasteiger charge is 2.24. The van der Waals surface area contributed by atoms with Gasteiger partial charge in [-0.25, -0.2) is 9.18 Å². The Balaban J connectivity index is 2.13. The molecule has 1 heterocycles. The van der Waals surface area contributed by atoms with E-state index in [1.54, 1.807) is 31.4 Å². The van der Waals surface area contributed by atoms with E-state index < -0.39 is 11.8 Å². The van der Waals surface area contributed by atoms with Gasteiger partial charge >= 0.3 is 5.97 Å². The summed E-state index contributed by atoms with van der Waals surface area (Å²) in [6, 6.07) is 12.5. The quantitative estimate of drug-likeness (QED) is 0.677. The number of hydrogen-bond donors (Lipinski definition) is 1. The molecule has 8 heteroatoms. The molecule has 0 atom stereocenters. The van der Waals surface area contributed by atoms with E-state index >= 15 is 0 Å². The zero-order chi connectivity index (χ0) is 20.3. The second-order valence-corrected chi connectivity index (χ2v) is 5.67. The Morgan fingerprint density at radius 1 is 1.14 bits per heavy atom. The van der Waals surface area contributed by atoms with Crippen LogP contribution in [0, 0.1) is 17.1 Å². The lowest BCUT2D eigenvalue weighted by atomic mass is 10.2. The van der Waals surface area contributed by atoms with E-state index in [1.165, 1.54) is 36.1 Å². The minimum absolute atomic E-state index is 0.0556. The number of esters is 1. The van der Waals surface area contributed by atoms with Crippen LogP contribution in [0.1, 0.15) is 16.1 Å². The highest BCUT2D eigenvalue weighted by atomic mass is 19.1. The second kappa shape index (κ2) is 7.72. The molecule has 0 bridgehead atoms.